The number of nitro benzene ring substituents is 1. The molecule has 0 atom stereocenters. The van der Waals surface area contributed by atoms with Crippen molar-refractivity contribution < 1.29 is 19.7 Å². The highest BCUT2D eigenvalue weighted by Gasteiger charge is 2.40. The highest BCUT2D eigenvalue weighted by molar-refractivity contribution is 6.60. The van der Waals surface area contributed by atoms with Gasteiger partial charge in [0, 0.05) is 18.7 Å². The van der Waals surface area contributed by atoms with Crippen molar-refractivity contribution in [1.29, 1.82) is 0 Å². The van der Waals surface area contributed by atoms with Gasteiger partial charge in [-0.05, 0) is 45.8 Å². The molecular weight excluding hydrogens is 287 g/mol. The van der Waals surface area contributed by atoms with Crippen molar-refractivity contribution in [3.8, 4) is 0 Å². The van der Waals surface area contributed by atoms with Gasteiger partial charge in [-0.1, -0.05) is 6.07 Å². The second kappa shape index (κ2) is 6.74. The van der Waals surface area contributed by atoms with Gasteiger partial charge in [0.15, 0.2) is 0 Å². The van der Waals surface area contributed by atoms with Crippen LogP contribution in [0.15, 0.2) is 18.2 Å². The molecule has 0 fully saturated rings. The Hall–Kier alpha value is -1.48. The fraction of sp³-hybridized carbons (Fsp3) is 0.571. The van der Waals surface area contributed by atoms with Gasteiger partial charge in [0.1, 0.15) is 0 Å². The molecular formula is C14H23BN2O5. The molecule has 7 nitrogen and oxygen atoms in total. The van der Waals surface area contributed by atoms with Crippen LogP contribution in [-0.4, -0.2) is 40.4 Å². The van der Waals surface area contributed by atoms with Crippen molar-refractivity contribution in [2.24, 2.45) is 0 Å². The van der Waals surface area contributed by atoms with Gasteiger partial charge >= 0.3 is 7.12 Å². The minimum absolute atomic E-state index is 0.126. The molecule has 0 radical (unpaired) electrons. The fourth-order valence-electron chi connectivity index (χ4n) is 1.76. The lowest BCUT2D eigenvalue weighted by molar-refractivity contribution is -0.384. The smallest absolute Gasteiger partial charge is 0.423 e. The molecule has 0 heterocycles. The van der Waals surface area contributed by atoms with E-state index in [1.807, 2.05) is 0 Å². The Kier molecular flexibility index (Phi) is 5.69. The third-order valence-electron chi connectivity index (χ3n) is 3.85. The number of rotatable bonds is 7. The van der Waals surface area contributed by atoms with E-state index in [9.17, 15) is 20.2 Å². The second-order valence-electron chi connectivity index (χ2n) is 6.21. The Labute approximate surface area is 130 Å². The van der Waals surface area contributed by atoms with Crippen molar-refractivity contribution in [2.75, 3.05) is 7.05 Å². The van der Waals surface area contributed by atoms with E-state index in [2.05, 4.69) is 5.32 Å². The van der Waals surface area contributed by atoms with Crippen LogP contribution in [0.3, 0.4) is 0 Å². The highest BCUT2D eigenvalue weighted by Crippen LogP contribution is 2.25. The average Bonchev–Trinajstić information content (AvgIpc) is 2.37. The lowest BCUT2D eigenvalue weighted by Crippen LogP contribution is -2.53. The van der Waals surface area contributed by atoms with Crippen LogP contribution in [0.5, 0.6) is 0 Å². The van der Waals surface area contributed by atoms with E-state index in [0.29, 0.717) is 17.6 Å². The lowest BCUT2D eigenvalue weighted by Gasteiger charge is -2.38. The average molecular weight is 310 g/mol. The van der Waals surface area contributed by atoms with Gasteiger partial charge in [-0.15, -0.1) is 0 Å². The van der Waals surface area contributed by atoms with E-state index in [4.69, 9.17) is 4.65 Å². The highest BCUT2D eigenvalue weighted by atomic mass is 16.6. The van der Waals surface area contributed by atoms with E-state index < -0.39 is 23.2 Å². The summed E-state index contributed by atoms with van der Waals surface area (Å²) in [6.07, 6.45) is 0. The molecule has 0 amide bonds. The zero-order valence-electron chi connectivity index (χ0n) is 13.6. The number of aliphatic hydroxyl groups is 1. The van der Waals surface area contributed by atoms with Gasteiger partial charge in [-0.25, -0.2) is 0 Å². The number of nitrogens with zero attached hydrogens (tertiary/aromatic N) is 1. The van der Waals surface area contributed by atoms with Crippen molar-refractivity contribution >= 4 is 18.3 Å². The van der Waals surface area contributed by atoms with Crippen LogP contribution in [-0.2, 0) is 11.2 Å². The molecule has 1 rings (SSSR count). The Morgan fingerprint density at radius 3 is 2.41 bits per heavy atom. The van der Waals surface area contributed by atoms with E-state index in [1.165, 1.54) is 12.1 Å². The minimum Gasteiger partial charge on any atom is -0.423 e. The Balaban J connectivity index is 3.16. The Morgan fingerprint density at radius 1 is 1.36 bits per heavy atom. The summed E-state index contributed by atoms with van der Waals surface area (Å²) in [5, 5.41) is 34.3. The SMILES string of the molecule is CNCc1ccc([N+](=O)[O-])cc1B(O)OC(C)(C)C(C)(C)O. The summed E-state index contributed by atoms with van der Waals surface area (Å²) >= 11 is 0. The molecule has 1 aromatic carbocycles. The number of nitro groups is 1. The first-order valence-corrected chi connectivity index (χ1v) is 6.99. The standard InChI is InChI=1S/C14H23BN2O5/c1-13(2,18)14(3,4)22-15(19)12-8-11(17(20)21)7-6-10(12)9-16-5/h6-8,16,18-19H,9H2,1-5H3. The Morgan fingerprint density at radius 2 is 1.95 bits per heavy atom. The number of benzene rings is 1. The number of hydrogen-bond acceptors (Lipinski definition) is 6. The van der Waals surface area contributed by atoms with Crippen LogP contribution >= 0.6 is 0 Å². The summed E-state index contributed by atoms with van der Waals surface area (Å²) in [4.78, 5) is 10.4. The number of non-ortho nitro benzene ring substituents is 1. The van der Waals surface area contributed by atoms with Crippen LogP contribution in [0.2, 0.25) is 0 Å². The lowest BCUT2D eigenvalue weighted by atomic mass is 9.74. The molecule has 0 saturated carbocycles. The van der Waals surface area contributed by atoms with E-state index >= 15 is 0 Å². The number of hydrogen-bond donors (Lipinski definition) is 3. The zero-order valence-corrected chi connectivity index (χ0v) is 13.6. The first kappa shape index (κ1) is 18.6. The summed E-state index contributed by atoms with van der Waals surface area (Å²) in [6, 6.07) is 4.25. The van der Waals surface area contributed by atoms with Crippen LogP contribution in [0, 0.1) is 10.1 Å². The molecule has 8 heteroatoms. The van der Waals surface area contributed by atoms with Crippen molar-refractivity contribution in [3.05, 3.63) is 33.9 Å². The van der Waals surface area contributed by atoms with Crippen LogP contribution in [0.25, 0.3) is 0 Å². The van der Waals surface area contributed by atoms with Crippen LogP contribution < -0.4 is 10.8 Å². The summed E-state index contributed by atoms with van der Waals surface area (Å²) in [5.41, 5.74) is -1.38. The van der Waals surface area contributed by atoms with Gasteiger partial charge in [-0.3, -0.25) is 10.1 Å². The molecule has 0 aromatic heterocycles. The van der Waals surface area contributed by atoms with Gasteiger partial charge in [0.2, 0.25) is 0 Å². The first-order chi connectivity index (χ1) is 9.99. The van der Waals surface area contributed by atoms with Crippen molar-refractivity contribution in [3.63, 3.8) is 0 Å². The molecule has 0 unspecified atom stereocenters. The van der Waals surface area contributed by atoms with Gasteiger partial charge in [0.05, 0.1) is 16.1 Å². The first-order valence-electron chi connectivity index (χ1n) is 6.99. The van der Waals surface area contributed by atoms with Gasteiger partial charge < -0.3 is 20.1 Å². The quantitative estimate of drug-likeness (QED) is 0.386. The molecule has 0 bridgehead atoms. The van der Waals surface area contributed by atoms with Crippen molar-refractivity contribution in [2.45, 2.75) is 45.4 Å². The minimum atomic E-state index is -1.38. The maximum atomic E-state index is 10.9. The predicted molar refractivity (Wildman–Crippen MR) is 84.9 cm³/mol. The van der Waals surface area contributed by atoms with E-state index in [1.54, 1.807) is 40.8 Å². The maximum Gasteiger partial charge on any atom is 0.492 e. The molecule has 22 heavy (non-hydrogen) atoms. The summed E-state index contributed by atoms with van der Waals surface area (Å²) in [7, 11) is 0.351. The monoisotopic (exact) mass is 310 g/mol. The summed E-state index contributed by atoms with van der Waals surface area (Å²) in [6.45, 7) is 6.86. The van der Waals surface area contributed by atoms with Crippen LogP contribution in [0.4, 0.5) is 5.69 Å². The fourth-order valence-corrected chi connectivity index (χ4v) is 1.76. The van der Waals surface area contributed by atoms with Gasteiger partial charge in [0.25, 0.3) is 5.69 Å². The predicted octanol–water partition coefficient (Wildman–Crippen LogP) is 0.568. The van der Waals surface area contributed by atoms with Crippen molar-refractivity contribution in [1.82, 2.24) is 5.32 Å². The molecule has 1 aromatic rings. The molecule has 0 saturated heterocycles. The zero-order chi connectivity index (χ0) is 17.1. The summed E-state index contributed by atoms with van der Waals surface area (Å²) < 4.78 is 5.57. The third kappa shape index (κ3) is 4.26. The van der Waals surface area contributed by atoms with E-state index in [-0.39, 0.29) is 5.69 Å². The molecule has 0 aliphatic heterocycles. The molecule has 0 aliphatic rings. The Bertz CT molecular complexity index is 543. The van der Waals surface area contributed by atoms with Gasteiger partial charge in [-0.2, -0.15) is 0 Å². The third-order valence-corrected chi connectivity index (χ3v) is 3.85. The second-order valence-corrected chi connectivity index (χ2v) is 6.21. The molecule has 0 spiro atoms. The molecule has 3 N–H and O–H groups in total. The molecule has 0 aliphatic carbocycles. The number of nitrogens with one attached hydrogen (secondary N) is 1. The largest absolute Gasteiger partial charge is 0.492 e. The summed E-state index contributed by atoms with van der Waals surface area (Å²) in [5.74, 6) is 0. The van der Waals surface area contributed by atoms with E-state index in [0.717, 1.165) is 0 Å². The topological polar surface area (TPSA) is 105 Å². The van der Waals surface area contributed by atoms with Crippen LogP contribution in [0.1, 0.15) is 33.3 Å². The maximum absolute atomic E-state index is 10.9. The normalized spacial score (nSPS) is 12.3. The molecule has 122 valence electrons.